The summed E-state index contributed by atoms with van der Waals surface area (Å²) in [5.41, 5.74) is 6.60. The van der Waals surface area contributed by atoms with Crippen molar-refractivity contribution in [3.63, 3.8) is 0 Å². The van der Waals surface area contributed by atoms with E-state index in [9.17, 15) is 4.79 Å². The number of primary amides is 1. The second-order valence-corrected chi connectivity index (χ2v) is 3.71. The maximum absolute atomic E-state index is 10.5. The zero-order valence-electron chi connectivity index (χ0n) is 7.56. The minimum Gasteiger partial charge on any atom is -0.369 e. The molecule has 1 rings (SSSR count). The summed E-state index contributed by atoms with van der Waals surface area (Å²) in [5, 5.41) is 8.78. The van der Waals surface area contributed by atoms with E-state index >= 15 is 0 Å². The number of carbonyl (C=O) groups excluding carboxylic acids is 1. The first kappa shape index (κ1) is 10.6. The Morgan fingerprint density at radius 1 is 1.50 bits per heavy atom. The molecular weight excluding hydrogens is 196 g/mol. The number of thioether (sulfide) groups is 1. The van der Waals surface area contributed by atoms with Crippen LogP contribution in [0.15, 0.2) is 24.3 Å². The van der Waals surface area contributed by atoms with Crippen LogP contribution in [0, 0.1) is 11.3 Å². The van der Waals surface area contributed by atoms with Crippen molar-refractivity contribution in [3.05, 3.63) is 35.4 Å². The molecular formula is C10H10N2OS. The van der Waals surface area contributed by atoms with Gasteiger partial charge in [-0.25, -0.2) is 0 Å². The van der Waals surface area contributed by atoms with E-state index in [1.165, 1.54) is 11.8 Å². The fraction of sp³-hybridized carbons (Fsp3) is 0.200. The highest BCUT2D eigenvalue weighted by Gasteiger charge is 2.01. The van der Waals surface area contributed by atoms with Gasteiger partial charge in [0.2, 0.25) is 5.91 Å². The highest BCUT2D eigenvalue weighted by molar-refractivity contribution is 7.99. The van der Waals surface area contributed by atoms with Crippen LogP contribution in [-0.2, 0) is 10.5 Å². The van der Waals surface area contributed by atoms with Gasteiger partial charge in [-0.3, -0.25) is 4.79 Å². The monoisotopic (exact) mass is 206 g/mol. The molecule has 0 heterocycles. The van der Waals surface area contributed by atoms with Crippen LogP contribution in [0.3, 0.4) is 0 Å². The average Bonchev–Trinajstić information content (AvgIpc) is 2.18. The molecule has 1 aromatic carbocycles. The Morgan fingerprint density at radius 2 is 2.21 bits per heavy atom. The zero-order chi connectivity index (χ0) is 10.4. The number of nitrogens with zero attached hydrogens (tertiary/aromatic N) is 1. The van der Waals surface area contributed by atoms with E-state index in [2.05, 4.69) is 6.07 Å². The van der Waals surface area contributed by atoms with Gasteiger partial charge in [0, 0.05) is 5.75 Å². The summed E-state index contributed by atoms with van der Waals surface area (Å²) in [4.78, 5) is 10.5. The molecule has 0 unspecified atom stereocenters. The molecule has 14 heavy (non-hydrogen) atoms. The molecule has 0 saturated carbocycles. The van der Waals surface area contributed by atoms with Crippen LogP contribution >= 0.6 is 11.8 Å². The van der Waals surface area contributed by atoms with Crippen LogP contribution in [0.5, 0.6) is 0 Å². The molecule has 3 nitrogen and oxygen atoms in total. The number of nitrogens with two attached hydrogens (primary N) is 1. The Bertz CT molecular complexity index is 371. The average molecular weight is 206 g/mol. The molecule has 72 valence electrons. The highest BCUT2D eigenvalue weighted by Crippen LogP contribution is 2.15. The van der Waals surface area contributed by atoms with Crippen LogP contribution in [0.2, 0.25) is 0 Å². The lowest BCUT2D eigenvalue weighted by atomic mass is 10.1. The summed E-state index contributed by atoms with van der Waals surface area (Å²) in [5.74, 6) is 0.608. The Balaban J connectivity index is 2.59. The Hall–Kier alpha value is -1.47. The van der Waals surface area contributed by atoms with Crippen LogP contribution in [-0.4, -0.2) is 11.7 Å². The summed E-state index contributed by atoms with van der Waals surface area (Å²) >= 11 is 1.42. The molecule has 0 aliphatic carbocycles. The van der Waals surface area contributed by atoms with Gasteiger partial charge in [0.1, 0.15) is 0 Å². The van der Waals surface area contributed by atoms with Crippen molar-refractivity contribution in [1.29, 1.82) is 5.26 Å². The lowest BCUT2D eigenvalue weighted by Gasteiger charge is -2.01. The third-order valence-electron chi connectivity index (χ3n) is 1.64. The summed E-state index contributed by atoms with van der Waals surface area (Å²) in [6, 6.07) is 9.45. The van der Waals surface area contributed by atoms with Gasteiger partial charge in [-0.15, -0.1) is 11.8 Å². The quantitative estimate of drug-likeness (QED) is 0.806. The van der Waals surface area contributed by atoms with Crippen molar-refractivity contribution in [2.75, 3.05) is 5.75 Å². The van der Waals surface area contributed by atoms with E-state index in [1.54, 1.807) is 6.07 Å². The van der Waals surface area contributed by atoms with Crippen molar-refractivity contribution in [3.8, 4) is 6.07 Å². The molecule has 0 radical (unpaired) electrons. The van der Waals surface area contributed by atoms with E-state index < -0.39 is 0 Å². The van der Waals surface area contributed by atoms with Gasteiger partial charge in [0.15, 0.2) is 0 Å². The first-order valence-electron chi connectivity index (χ1n) is 4.08. The summed E-state index contributed by atoms with van der Waals surface area (Å²) in [6.07, 6.45) is 0. The second kappa shape index (κ2) is 5.30. The zero-order valence-corrected chi connectivity index (χ0v) is 8.38. The second-order valence-electron chi connectivity index (χ2n) is 2.73. The first-order valence-corrected chi connectivity index (χ1v) is 5.23. The number of nitriles is 1. The molecule has 4 heteroatoms. The van der Waals surface area contributed by atoms with E-state index in [1.807, 2.05) is 18.2 Å². The van der Waals surface area contributed by atoms with Gasteiger partial charge >= 0.3 is 0 Å². The van der Waals surface area contributed by atoms with Gasteiger partial charge in [-0.2, -0.15) is 5.26 Å². The van der Waals surface area contributed by atoms with Crippen molar-refractivity contribution in [2.24, 2.45) is 5.73 Å². The minimum atomic E-state index is -0.329. The van der Waals surface area contributed by atoms with Gasteiger partial charge in [0.05, 0.1) is 17.4 Å². The normalized spacial score (nSPS) is 9.36. The maximum Gasteiger partial charge on any atom is 0.227 e. The van der Waals surface area contributed by atoms with Crippen molar-refractivity contribution in [2.45, 2.75) is 5.75 Å². The molecule has 0 saturated heterocycles. The standard InChI is InChI=1S/C10H10N2OS/c11-5-8-3-1-2-4-9(8)6-14-7-10(12)13/h1-4H,6-7H2,(H2,12,13). The van der Waals surface area contributed by atoms with Crippen LogP contribution in [0.1, 0.15) is 11.1 Å². The lowest BCUT2D eigenvalue weighted by Crippen LogP contribution is -2.13. The third-order valence-corrected chi connectivity index (χ3v) is 2.64. The number of rotatable bonds is 4. The maximum atomic E-state index is 10.5. The van der Waals surface area contributed by atoms with Gasteiger partial charge < -0.3 is 5.73 Å². The molecule has 0 atom stereocenters. The summed E-state index contributed by atoms with van der Waals surface area (Å²) in [7, 11) is 0. The predicted molar refractivity (Wildman–Crippen MR) is 56.5 cm³/mol. The lowest BCUT2D eigenvalue weighted by molar-refractivity contribution is -0.115. The molecule has 2 N–H and O–H groups in total. The third kappa shape index (κ3) is 3.11. The summed E-state index contributed by atoms with van der Waals surface area (Å²) < 4.78 is 0. The molecule has 0 aliphatic heterocycles. The van der Waals surface area contributed by atoms with Crippen molar-refractivity contribution in [1.82, 2.24) is 0 Å². The Morgan fingerprint density at radius 3 is 2.86 bits per heavy atom. The molecule has 1 amide bonds. The molecule has 1 aromatic rings. The van der Waals surface area contributed by atoms with Gasteiger partial charge in [-0.1, -0.05) is 18.2 Å². The SMILES string of the molecule is N#Cc1ccccc1CSCC(N)=O. The van der Waals surface area contributed by atoms with Crippen LogP contribution in [0.4, 0.5) is 0 Å². The highest BCUT2D eigenvalue weighted by atomic mass is 32.2. The Labute approximate surface area is 86.9 Å². The Kier molecular flexibility index (Phi) is 4.02. The molecule has 0 aliphatic rings. The molecule has 0 spiro atoms. The molecule has 0 aromatic heterocycles. The predicted octanol–water partition coefficient (Wildman–Crippen LogP) is 1.28. The molecule has 0 fully saturated rings. The molecule has 0 bridgehead atoms. The number of carbonyl (C=O) groups is 1. The minimum absolute atomic E-state index is 0.291. The van der Waals surface area contributed by atoms with E-state index in [0.717, 1.165) is 5.56 Å². The number of hydrogen-bond donors (Lipinski definition) is 1. The van der Waals surface area contributed by atoms with E-state index in [-0.39, 0.29) is 5.91 Å². The van der Waals surface area contributed by atoms with Crippen LogP contribution in [0.25, 0.3) is 0 Å². The fourth-order valence-electron chi connectivity index (χ4n) is 1.02. The number of amides is 1. The van der Waals surface area contributed by atoms with Crippen molar-refractivity contribution >= 4 is 17.7 Å². The van der Waals surface area contributed by atoms with Crippen LogP contribution < -0.4 is 5.73 Å². The summed E-state index contributed by atoms with van der Waals surface area (Å²) in [6.45, 7) is 0. The fourth-order valence-corrected chi connectivity index (χ4v) is 1.79. The van der Waals surface area contributed by atoms with E-state index in [4.69, 9.17) is 11.0 Å². The van der Waals surface area contributed by atoms with Gasteiger partial charge in [-0.05, 0) is 11.6 Å². The van der Waals surface area contributed by atoms with E-state index in [0.29, 0.717) is 17.1 Å². The number of hydrogen-bond acceptors (Lipinski definition) is 3. The number of benzene rings is 1. The topological polar surface area (TPSA) is 66.9 Å². The van der Waals surface area contributed by atoms with Gasteiger partial charge in [0.25, 0.3) is 0 Å². The van der Waals surface area contributed by atoms with Crippen molar-refractivity contribution < 1.29 is 4.79 Å². The first-order chi connectivity index (χ1) is 6.74. The smallest absolute Gasteiger partial charge is 0.227 e. The largest absolute Gasteiger partial charge is 0.369 e.